The molecule has 1 spiro atoms. The summed E-state index contributed by atoms with van der Waals surface area (Å²) in [6.07, 6.45) is 3.95. The Kier molecular flexibility index (Phi) is 7.68. The fraction of sp³-hybridized carbons (Fsp3) is 0.720. The lowest BCUT2D eigenvalue weighted by Crippen LogP contribution is -2.60. The second-order valence-corrected chi connectivity index (χ2v) is 11.6. The van der Waals surface area contributed by atoms with Crippen LogP contribution in [0.5, 0.6) is 0 Å². The summed E-state index contributed by atoms with van der Waals surface area (Å²) in [7, 11) is 0. The van der Waals surface area contributed by atoms with Crippen LogP contribution in [0, 0.1) is 23.7 Å². The summed E-state index contributed by atoms with van der Waals surface area (Å²) in [6.45, 7) is 17.5. The van der Waals surface area contributed by atoms with Crippen LogP contribution in [0.1, 0.15) is 41.0 Å². The molecule has 3 heterocycles. The number of nitrogens with zero attached hydrogens (tertiary/aromatic N) is 2. The van der Waals surface area contributed by atoms with Crippen LogP contribution < -0.4 is 0 Å². The lowest BCUT2D eigenvalue weighted by Gasteiger charge is -2.43. The fourth-order valence-corrected chi connectivity index (χ4v) is 8.46. The third-order valence-electron chi connectivity index (χ3n) is 7.58. The number of likely N-dealkylation sites (tertiary alicyclic amines) is 1. The predicted molar refractivity (Wildman–Crippen MR) is 129 cm³/mol. The van der Waals surface area contributed by atoms with Gasteiger partial charge in [0.05, 0.1) is 29.2 Å². The highest BCUT2D eigenvalue weighted by Gasteiger charge is 2.77. The highest BCUT2D eigenvalue weighted by molar-refractivity contribution is 8.02. The zero-order valence-electron chi connectivity index (χ0n) is 20.4. The molecule has 7 nitrogen and oxygen atoms in total. The Labute approximate surface area is 201 Å². The van der Waals surface area contributed by atoms with Crippen molar-refractivity contribution in [3.05, 3.63) is 25.3 Å². The second-order valence-electron chi connectivity index (χ2n) is 10.1. The molecule has 2 bridgehead atoms. The molecule has 3 saturated heterocycles. The lowest BCUT2D eigenvalue weighted by atomic mass is 9.66. The van der Waals surface area contributed by atoms with Crippen LogP contribution in [0.4, 0.5) is 0 Å². The molecule has 33 heavy (non-hydrogen) atoms. The first-order valence-electron chi connectivity index (χ1n) is 11.9. The smallest absolute Gasteiger partial charge is 0.311 e. The van der Waals surface area contributed by atoms with E-state index in [1.165, 1.54) is 6.08 Å². The monoisotopic (exact) mass is 478 g/mol. The maximum absolute atomic E-state index is 14.2. The van der Waals surface area contributed by atoms with Gasteiger partial charge in [0, 0.05) is 17.8 Å². The van der Waals surface area contributed by atoms with Gasteiger partial charge < -0.3 is 19.6 Å². The number of esters is 1. The molecular weight excluding hydrogens is 440 g/mol. The summed E-state index contributed by atoms with van der Waals surface area (Å²) in [5, 5.41) is 10.2. The molecule has 2 amide bonds. The summed E-state index contributed by atoms with van der Waals surface area (Å²) >= 11 is 1.61. The predicted octanol–water partition coefficient (Wildman–Crippen LogP) is 2.49. The molecule has 3 rings (SSSR count). The molecule has 7 atom stereocenters. The van der Waals surface area contributed by atoms with Crippen molar-refractivity contribution in [1.29, 1.82) is 0 Å². The molecule has 0 aromatic rings. The molecular formula is C25H38N2O5S. The summed E-state index contributed by atoms with van der Waals surface area (Å²) in [4.78, 5) is 44.7. The van der Waals surface area contributed by atoms with Gasteiger partial charge in [-0.05, 0) is 32.1 Å². The van der Waals surface area contributed by atoms with Crippen LogP contribution in [0.2, 0.25) is 0 Å². The van der Waals surface area contributed by atoms with Crippen molar-refractivity contribution in [2.75, 3.05) is 19.8 Å². The van der Waals surface area contributed by atoms with Crippen molar-refractivity contribution in [2.45, 2.75) is 69.2 Å². The van der Waals surface area contributed by atoms with Gasteiger partial charge in [0.25, 0.3) is 0 Å². The molecule has 3 aliphatic heterocycles. The van der Waals surface area contributed by atoms with Crippen molar-refractivity contribution in [1.82, 2.24) is 9.80 Å². The van der Waals surface area contributed by atoms with Crippen LogP contribution in [-0.2, 0) is 19.1 Å². The summed E-state index contributed by atoms with van der Waals surface area (Å²) in [6, 6.07) is -1.35. The van der Waals surface area contributed by atoms with Crippen molar-refractivity contribution in [3.63, 3.8) is 0 Å². The fourth-order valence-electron chi connectivity index (χ4n) is 6.07. The van der Waals surface area contributed by atoms with Crippen LogP contribution in [0.3, 0.4) is 0 Å². The minimum atomic E-state index is -0.751. The maximum atomic E-state index is 14.2. The molecule has 0 aromatic carbocycles. The van der Waals surface area contributed by atoms with Gasteiger partial charge in [0.2, 0.25) is 11.8 Å². The minimum absolute atomic E-state index is 0.0555. The first-order valence-corrected chi connectivity index (χ1v) is 12.8. The minimum Gasteiger partial charge on any atom is -0.461 e. The van der Waals surface area contributed by atoms with Gasteiger partial charge in [0.15, 0.2) is 0 Å². The summed E-state index contributed by atoms with van der Waals surface area (Å²) in [5.74, 6) is -1.99. The van der Waals surface area contributed by atoms with Gasteiger partial charge in [-0.2, -0.15) is 0 Å². The van der Waals surface area contributed by atoms with Crippen LogP contribution in [0.25, 0.3) is 0 Å². The van der Waals surface area contributed by atoms with Crippen molar-refractivity contribution < 1.29 is 24.2 Å². The highest BCUT2D eigenvalue weighted by atomic mass is 32.2. The standard InChI is InChI=1S/C25H38N2O5S/c1-8-10-26(15(5)6)23(30)21-25-16(7)12-18(33-25)19(24(31)32-11-9-2)20(25)22(29)27(21)17(13-28)14(3)4/h8-9,14-21,28H,1-2,10-13H2,3-7H3/t16?,17-,18+,19-,20-,21?,25?/m0/s1. The Hall–Kier alpha value is -1.80. The Morgan fingerprint density at radius 3 is 2.48 bits per heavy atom. The van der Waals surface area contributed by atoms with E-state index in [1.807, 2.05) is 27.7 Å². The van der Waals surface area contributed by atoms with Gasteiger partial charge in [-0.25, -0.2) is 0 Å². The summed E-state index contributed by atoms with van der Waals surface area (Å²) in [5.41, 5.74) is 0. The van der Waals surface area contributed by atoms with E-state index in [9.17, 15) is 19.5 Å². The zero-order valence-corrected chi connectivity index (χ0v) is 21.2. The van der Waals surface area contributed by atoms with Gasteiger partial charge in [0.1, 0.15) is 12.6 Å². The Morgan fingerprint density at radius 2 is 1.97 bits per heavy atom. The Morgan fingerprint density at radius 1 is 1.30 bits per heavy atom. The maximum Gasteiger partial charge on any atom is 0.311 e. The van der Waals surface area contributed by atoms with E-state index in [2.05, 4.69) is 20.1 Å². The Balaban J connectivity index is 2.15. The molecule has 0 radical (unpaired) electrons. The number of thioether (sulfide) groups is 1. The lowest BCUT2D eigenvalue weighted by molar-refractivity contribution is -0.154. The molecule has 3 fully saturated rings. The van der Waals surface area contributed by atoms with Crippen LogP contribution in [-0.4, -0.2) is 80.6 Å². The van der Waals surface area contributed by atoms with Gasteiger partial charge in [-0.15, -0.1) is 18.3 Å². The number of aliphatic hydroxyl groups excluding tert-OH is 1. The van der Waals surface area contributed by atoms with Gasteiger partial charge in [-0.1, -0.05) is 39.5 Å². The number of aliphatic hydroxyl groups is 1. The van der Waals surface area contributed by atoms with Gasteiger partial charge >= 0.3 is 5.97 Å². The first-order chi connectivity index (χ1) is 15.6. The van der Waals surface area contributed by atoms with E-state index in [1.54, 1.807) is 27.6 Å². The molecule has 184 valence electrons. The average molecular weight is 479 g/mol. The van der Waals surface area contributed by atoms with E-state index in [-0.39, 0.29) is 48.2 Å². The molecule has 3 aliphatic rings. The normalized spacial score (nSPS) is 33.4. The third-order valence-corrected chi connectivity index (χ3v) is 9.66. The number of fused-ring (bicyclic) bond motifs is 1. The quantitative estimate of drug-likeness (QED) is 0.384. The van der Waals surface area contributed by atoms with E-state index in [0.29, 0.717) is 6.54 Å². The van der Waals surface area contributed by atoms with Crippen molar-refractivity contribution >= 4 is 29.5 Å². The van der Waals surface area contributed by atoms with Crippen molar-refractivity contribution in [3.8, 4) is 0 Å². The first kappa shape index (κ1) is 25.8. The number of ether oxygens (including phenoxy) is 1. The number of amides is 2. The van der Waals surface area contributed by atoms with E-state index < -0.39 is 34.6 Å². The number of rotatable bonds is 10. The largest absolute Gasteiger partial charge is 0.461 e. The zero-order chi connectivity index (χ0) is 24.7. The van der Waals surface area contributed by atoms with Crippen LogP contribution in [0.15, 0.2) is 25.3 Å². The topological polar surface area (TPSA) is 87.1 Å². The molecule has 0 aliphatic carbocycles. The van der Waals surface area contributed by atoms with Crippen LogP contribution >= 0.6 is 11.8 Å². The highest BCUT2D eigenvalue weighted by Crippen LogP contribution is 2.69. The van der Waals surface area contributed by atoms with Crippen molar-refractivity contribution in [2.24, 2.45) is 23.7 Å². The Bertz CT molecular complexity index is 815. The number of hydrogen-bond acceptors (Lipinski definition) is 6. The van der Waals surface area contributed by atoms with E-state index in [4.69, 9.17) is 4.74 Å². The SMILES string of the molecule is C=CCOC(=O)[C@@H]1[C@H]2C(=O)N([C@@H](CO)C(C)C)C(C(=O)N(CC=C)C(C)C)C23S[C@@H]1CC3C. The molecule has 1 N–H and O–H groups in total. The molecule has 0 aromatic heterocycles. The van der Waals surface area contributed by atoms with E-state index in [0.717, 1.165) is 6.42 Å². The average Bonchev–Trinajstić information content (AvgIpc) is 3.34. The number of hydrogen-bond donors (Lipinski definition) is 1. The number of carbonyl (C=O) groups excluding carboxylic acids is 3. The van der Waals surface area contributed by atoms with Gasteiger partial charge in [-0.3, -0.25) is 14.4 Å². The van der Waals surface area contributed by atoms with E-state index >= 15 is 0 Å². The molecule has 0 saturated carbocycles. The summed E-state index contributed by atoms with van der Waals surface area (Å²) < 4.78 is 4.68. The number of carbonyl (C=O) groups is 3. The third kappa shape index (κ3) is 3.93. The molecule has 8 heteroatoms. The molecule has 3 unspecified atom stereocenters. The second kappa shape index (κ2) is 9.82.